The number of thioether (sulfide) groups is 1. The van der Waals surface area contributed by atoms with Crippen molar-refractivity contribution in [2.75, 3.05) is 10.6 Å². The highest BCUT2D eigenvalue weighted by atomic mass is 79.9. The van der Waals surface area contributed by atoms with E-state index in [0.29, 0.717) is 22.0 Å². The van der Waals surface area contributed by atoms with Gasteiger partial charge in [-0.1, -0.05) is 66.2 Å². The number of carbonyl (C=O) groups is 2. The summed E-state index contributed by atoms with van der Waals surface area (Å²) in [4.78, 5) is 26.8. The van der Waals surface area contributed by atoms with Crippen molar-refractivity contribution in [2.45, 2.75) is 10.1 Å². The summed E-state index contributed by atoms with van der Waals surface area (Å²) >= 11 is 10.9. The molecule has 0 fully saturated rings. The van der Waals surface area contributed by atoms with Crippen LogP contribution in [0.15, 0.2) is 112 Å². The van der Waals surface area contributed by atoms with Gasteiger partial charge in [-0.2, -0.15) is 0 Å². The highest BCUT2D eigenvalue weighted by Crippen LogP contribution is 2.37. The summed E-state index contributed by atoms with van der Waals surface area (Å²) in [6.07, 6.45) is 0. The number of nitrogens with one attached hydrogen (secondary N) is 2. The molecule has 0 radical (unpaired) electrons. The summed E-state index contributed by atoms with van der Waals surface area (Å²) < 4.78 is 0.811. The molecule has 1 atom stereocenters. The molecule has 0 aliphatic heterocycles. The van der Waals surface area contributed by atoms with Crippen LogP contribution in [0.5, 0.6) is 0 Å². The number of carbonyl (C=O) groups excluding carboxylic acids is 2. The molecule has 34 heavy (non-hydrogen) atoms. The Labute approximate surface area is 215 Å². The molecule has 1 unspecified atom stereocenters. The quantitative estimate of drug-likeness (QED) is 0.230. The van der Waals surface area contributed by atoms with E-state index >= 15 is 0 Å². The Kier molecular flexibility index (Phi) is 8.06. The number of rotatable bonds is 7. The van der Waals surface area contributed by atoms with Gasteiger partial charge in [0.1, 0.15) is 5.25 Å². The number of para-hydroxylation sites is 1. The third-order valence-electron chi connectivity index (χ3n) is 4.90. The average Bonchev–Trinajstić information content (AvgIpc) is 2.84. The lowest BCUT2D eigenvalue weighted by Gasteiger charge is -2.18. The monoisotopic (exact) mass is 550 g/mol. The van der Waals surface area contributed by atoms with E-state index in [4.69, 9.17) is 11.6 Å². The van der Waals surface area contributed by atoms with Crippen LogP contribution in [0.2, 0.25) is 5.02 Å². The van der Waals surface area contributed by atoms with E-state index in [9.17, 15) is 9.59 Å². The fourth-order valence-corrected chi connectivity index (χ4v) is 4.94. The highest BCUT2D eigenvalue weighted by molar-refractivity contribution is 9.10. The molecule has 2 amide bonds. The number of halogens is 2. The molecular formula is C27H20BrClN2O2S. The summed E-state index contributed by atoms with van der Waals surface area (Å²) in [5, 5.41) is 5.92. The first-order chi connectivity index (χ1) is 16.5. The van der Waals surface area contributed by atoms with Crippen molar-refractivity contribution in [3.63, 3.8) is 0 Å². The molecule has 4 nitrogen and oxygen atoms in total. The molecule has 0 heterocycles. The fourth-order valence-electron chi connectivity index (χ4n) is 3.28. The van der Waals surface area contributed by atoms with Crippen LogP contribution in [0, 0.1) is 0 Å². The molecule has 0 bridgehead atoms. The lowest BCUT2D eigenvalue weighted by molar-refractivity contribution is -0.115. The molecule has 170 valence electrons. The van der Waals surface area contributed by atoms with E-state index in [1.807, 2.05) is 78.9 Å². The molecule has 2 N–H and O–H groups in total. The minimum Gasteiger partial charge on any atom is -0.324 e. The standard InChI is InChI=1S/C27H20BrClN2O2S/c28-23-14-4-5-15-24(23)31-27(33)25(18-8-2-1-3-9-18)34-22-13-7-12-21(17-22)30-26(32)19-10-6-11-20(29)16-19/h1-17,25H,(H,30,32)(H,31,33). The SMILES string of the molecule is O=C(Nc1cccc(SC(C(=O)Nc2ccccc2Br)c2ccccc2)c1)c1cccc(Cl)c1. The summed E-state index contributed by atoms with van der Waals surface area (Å²) in [6, 6.07) is 31.3. The first kappa shape index (κ1) is 24.1. The number of anilines is 2. The highest BCUT2D eigenvalue weighted by Gasteiger charge is 2.23. The maximum Gasteiger partial charge on any atom is 0.255 e. The van der Waals surface area contributed by atoms with Crippen LogP contribution in [0.25, 0.3) is 0 Å². The molecule has 7 heteroatoms. The van der Waals surface area contributed by atoms with Gasteiger partial charge in [0.25, 0.3) is 5.91 Å². The Hall–Kier alpha value is -3.06. The van der Waals surface area contributed by atoms with Crippen molar-refractivity contribution in [3.8, 4) is 0 Å². The van der Waals surface area contributed by atoms with Gasteiger partial charge in [0, 0.05) is 25.6 Å². The van der Waals surface area contributed by atoms with Crippen molar-refractivity contribution in [3.05, 3.63) is 124 Å². The Morgan fingerprint density at radius 1 is 0.794 bits per heavy atom. The Morgan fingerprint density at radius 2 is 1.53 bits per heavy atom. The van der Waals surface area contributed by atoms with Crippen LogP contribution in [0.3, 0.4) is 0 Å². The molecule has 4 aromatic rings. The maximum absolute atomic E-state index is 13.3. The van der Waals surface area contributed by atoms with E-state index in [0.717, 1.165) is 14.9 Å². The van der Waals surface area contributed by atoms with E-state index in [1.165, 1.54) is 11.8 Å². The van der Waals surface area contributed by atoms with Gasteiger partial charge in [-0.05, 0) is 70.0 Å². The van der Waals surface area contributed by atoms with Crippen molar-refractivity contribution in [1.82, 2.24) is 0 Å². The predicted molar refractivity (Wildman–Crippen MR) is 144 cm³/mol. The zero-order chi connectivity index (χ0) is 23.9. The first-order valence-corrected chi connectivity index (χ1v) is 12.5. The average molecular weight is 552 g/mol. The summed E-state index contributed by atoms with van der Waals surface area (Å²) in [7, 11) is 0. The van der Waals surface area contributed by atoms with Gasteiger partial charge in [-0.15, -0.1) is 11.8 Å². The Bertz CT molecular complexity index is 1320. The molecule has 4 aromatic carbocycles. The van der Waals surface area contributed by atoms with Gasteiger partial charge in [-0.3, -0.25) is 9.59 Å². The summed E-state index contributed by atoms with van der Waals surface area (Å²) in [6.45, 7) is 0. The third kappa shape index (κ3) is 6.29. The lowest BCUT2D eigenvalue weighted by atomic mass is 10.1. The number of amides is 2. The van der Waals surface area contributed by atoms with Gasteiger partial charge in [0.2, 0.25) is 5.91 Å². The normalized spacial score (nSPS) is 11.5. The topological polar surface area (TPSA) is 58.2 Å². The lowest BCUT2D eigenvalue weighted by Crippen LogP contribution is -2.19. The Balaban J connectivity index is 1.55. The van der Waals surface area contributed by atoms with Crippen LogP contribution in [0.1, 0.15) is 21.2 Å². The number of benzene rings is 4. The van der Waals surface area contributed by atoms with Gasteiger partial charge >= 0.3 is 0 Å². The van der Waals surface area contributed by atoms with Crippen molar-refractivity contribution < 1.29 is 9.59 Å². The van der Waals surface area contributed by atoms with Crippen LogP contribution >= 0.6 is 39.3 Å². The largest absolute Gasteiger partial charge is 0.324 e. The van der Waals surface area contributed by atoms with E-state index in [-0.39, 0.29) is 11.8 Å². The second kappa shape index (κ2) is 11.4. The third-order valence-corrected chi connectivity index (χ3v) is 7.08. The summed E-state index contributed by atoms with van der Waals surface area (Å²) in [5.41, 5.74) is 2.69. The van der Waals surface area contributed by atoms with Gasteiger partial charge < -0.3 is 10.6 Å². The van der Waals surface area contributed by atoms with Crippen LogP contribution in [-0.4, -0.2) is 11.8 Å². The predicted octanol–water partition coefficient (Wildman–Crippen LogP) is 7.83. The summed E-state index contributed by atoms with van der Waals surface area (Å²) in [5.74, 6) is -0.396. The second-order valence-corrected chi connectivity index (χ2v) is 9.84. The minimum atomic E-state index is -0.493. The van der Waals surface area contributed by atoms with Gasteiger partial charge in [0.05, 0.1) is 5.69 Å². The van der Waals surface area contributed by atoms with E-state index in [2.05, 4.69) is 26.6 Å². The van der Waals surface area contributed by atoms with Crippen molar-refractivity contribution in [1.29, 1.82) is 0 Å². The fraction of sp³-hybridized carbons (Fsp3) is 0.0370. The number of hydrogen-bond donors (Lipinski definition) is 2. The molecular weight excluding hydrogens is 532 g/mol. The van der Waals surface area contributed by atoms with Crippen LogP contribution < -0.4 is 10.6 Å². The van der Waals surface area contributed by atoms with Crippen molar-refractivity contribution >= 4 is 62.5 Å². The Morgan fingerprint density at radius 3 is 2.29 bits per heavy atom. The van der Waals surface area contributed by atoms with E-state index in [1.54, 1.807) is 24.3 Å². The molecule has 0 aliphatic rings. The first-order valence-electron chi connectivity index (χ1n) is 10.4. The maximum atomic E-state index is 13.3. The second-order valence-electron chi connectivity index (χ2n) is 7.37. The van der Waals surface area contributed by atoms with Gasteiger partial charge in [-0.25, -0.2) is 0 Å². The van der Waals surface area contributed by atoms with E-state index < -0.39 is 5.25 Å². The van der Waals surface area contributed by atoms with Crippen molar-refractivity contribution in [2.24, 2.45) is 0 Å². The van der Waals surface area contributed by atoms with Crippen LogP contribution in [0.4, 0.5) is 11.4 Å². The zero-order valence-corrected chi connectivity index (χ0v) is 21.0. The molecule has 0 aliphatic carbocycles. The zero-order valence-electron chi connectivity index (χ0n) is 17.9. The number of hydrogen-bond acceptors (Lipinski definition) is 3. The molecule has 4 rings (SSSR count). The van der Waals surface area contributed by atoms with Crippen LogP contribution in [-0.2, 0) is 4.79 Å². The molecule has 0 saturated carbocycles. The smallest absolute Gasteiger partial charge is 0.255 e. The minimum absolute atomic E-state index is 0.142. The molecule has 0 saturated heterocycles. The molecule has 0 aromatic heterocycles. The molecule has 0 spiro atoms. The van der Waals surface area contributed by atoms with Gasteiger partial charge in [0.15, 0.2) is 0 Å².